The van der Waals surface area contributed by atoms with Crippen LogP contribution in [0.4, 0.5) is 9.52 Å². The van der Waals surface area contributed by atoms with Gasteiger partial charge in [-0.3, -0.25) is 15.6 Å². The quantitative estimate of drug-likeness (QED) is 0.720. The fourth-order valence-electron chi connectivity index (χ4n) is 1.75. The Labute approximate surface area is 128 Å². The predicted molar refractivity (Wildman–Crippen MR) is 82.1 cm³/mol. The third kappa shape index (κ3) is 2.96. The monoisotopic (exact) mass is 321 g/mol. The van der Waals surface area contributed by atoms with Crippen molar-refractivity contribution in [1.29, 1.82) is 0 Å². The summed E-state index contributed by atoms with van der Waals surface area (Å²) in [5, 5.41) is 1.08. The van der Waals surface area contributed by atoms with Gasteiger partial charge >= 0.3 is 0 Å². The van der Waals surface area contributed by atoms with Gasteiger partial charge in [-0.1, -0.05) is 29.0 Å². The highest BCUT2D eigenvalue weighted by atomic mass is 35.5. The molecule has 1 heterocycles. The first-order valence-electron chi connectivity index (χ1n) is 6.00. The zero-order valence-electron chi connectivity index (χ0n) is 10.6. The van der Waals surface area contributed by atoms with Gasteiger partial charge in [-0.2, -0.15) is 0 Å². The Balaban J connectivity index is 1.72. The van der Waals surface area contributed by atoms with Crippen molar-refractivity contribution in [3.05, 3.63) is 58.9 Å². The number of nitrogens with one attached hydrogen (secondary N) is 2. The number of benzene rings is 2. The fraction of sp³-hybridized carbons (Fsp3) is 0. The van der Waals surface area contributed by atoms with E-state index in [1.807, 2.05) is 12.1 Å². The van der Waals surface area contributed by atoms with Crippen molar-refractivity contribution < 1.29 is 9.18 Å². The highest BCUT2D eigenvalue weighted by molar-refractivity contribution is 7.22. The molecule has 0 fully saturated rings. The molecule has 0 bridgehead atoms. The molecule has 2 aromatic carbocycles. The van der Waals surface area contributed by atoms with E-state index >= 15 is 0 Å². The Morgan fingerprint density at radius 2 is 1.95 bits per heavy atom. The molecule has 0 spiro atoms. The van der Waals surface area contributed by atoms with E-state index in [1.54, 1.807) is 6.07 Å². The van der Waals surface area contributed by atoms with E-state index in [9.17, 15) is 9.18 Å². The van der Waals surface area contributed by atoms with Gasteiger partial charge in [0, 0.05) is 5.56 Å². The van der Waals surface area contributed by atoms with Crippen LogP contribution in [-0.2, 0) is 0 Å². The minimum Gasteiger partial charge on any atom is -0.273 e. The summed E-state index contributed by atoms with van der Waals surface area (Å²) < 4.78 is 13.7. The zero-order chi connectivity index (χ0) is 14.8. The van der Waals surface area contributed by atoms with Gasteiger partial charge < -0.3 is 0 Å². The number of rotatable bonds is 3. The van der Waals surface area contributed by atoms with Crippen molar-refractivity contribution in [3.8, 4) is 0 Å². The van der Waals surface area contributed by atoms with Crippen molar-refractivity contribution in [2.45, 2.75) is 0 Å². The number of hydrogen-bond acceptors (Lipinski definition) is 4. The van der Waals surface area contributed by atoms with E-state index in [0.717, 1.165) is 4.70 Å². The Morgan fingerprint density at radius 3 is 2.67 bits per heavy atom. The number of hydrazine groups is 1. The average molecular weight is 322 g/mol. The maximum Gasteiger partial charge on any atom is 0.269 e. The lowest BCUT2D eigenvalue weighted by Gasteiger charge is -2.05. The van der Waals surface area contributed by atoms with Crippen LogP contribution in [0.1, 0.15) is 10.4 Å². The molecule has 0 unspecified atom stereocenters. The lowest BCUT2D eigenvalue weighted by atomic mass is 10.2. The molecule has 106 valence electrons. The zero-order valence-corrected chi connectivity index (χ0v) is 12.1. The Morgan fingerprint density at radius 1 is 1.19 bits per heavy atom. The SMILES string of the molecule is O=C(NNc1nc2c(Cl)cccc2s1)c1ccc(F)cc1. The van der Waals surface area contributed by atoms with Crippen molar-refractivity contribution in [2.24, 2.45) is 0 Å². The molecule has 7 heteroatoms. The molecule has 0 radical (unpaired) electrons. The van der Waals surface area contributed by atoms with E-state index < -0.39 is 0 Å². The summed E-state index contributed by atoms with van der Waals surface area (Å²) in [6, 6.07) is 10.8. The first-order valence-corrected chi connectivity index (χ1v) is 7.20. The summed E-state index contributed by atoms with van der Waals surface area (Å²) in [4.78, 5) is 16.2. The van der Waals surface area contributed by atoms with Crippen LogP contribution >= 0.6 is 22.9 Å². The summed E-state index contributed by atoms with van der Waals surface area (Å²) in [7, 11) is 0. The molecule has 0 aliphatic heterocycles. The van der Waals surface area contributed by atoms with Crippen LogP contribution in [0.3, 0.4) is 0 Å². The number of halogens is 2. The number of nitrogens with zero attached hydrogens (tertiary/aromatic N) is 1. The number of carbonyl (C=O) groups excluding carboxylic acids is 1. The summed E-state index contributed by atoms with van der Waals surface area (Å²) in [6.07, 6.45) is 0. The Bertz CT molecular complexity index is 804. The molecule has 1 amide bonds. The summed E-state index contributed by atoms with van der Waals surface area (Å²) in [5.74, 6) is -0.763. The summed E-state index contributed by atoms with van der Waals surface area (Å²) in [5.41, 5.74) is 6.27. The minimum absolute atomic E-state index is 0.350. The fourth-order valence-corrected chi connectivity index (χ4v) is 2.87. The van der Waals surface area contributed by atoms with E-state index in [2.05, 4.69) is 15.8 Å². The molecular formula is C14H9ClFN3OS. The van der Waals surface area contributed by atoms with Crippen LogP contribution in [0.5, 0.6) is 0 Å². The number of anilines is 1. The molecular weight excluding hydrogens is 313 g/mol. The summed E-state index contributed by atoms with van der Waals surface area (Å²) >= 11 is 7.41. The predicted octanol–water partition coefficient (Wildman–Crippen LogP) is 3.85. The van der Waals surface area contributed by atoms with Gasteiger partial charge in [0.25, 0.3) is 5.91 Å². The van der Waals surface area contributed by atoms with Crippen molar-refractivity contribution in [3.63, 3.8) is 0 Å². The average Bonchev–Trinajstić information content (AvgIpc) is 2.90. The van der Waals surface area contributed by atoms with E-state index in [4.69, 9.17) is 11.6 Å². The molecule has 0 aliphatic rings. The minimum atomic E-state index is -0.389. The van der Waals surface area contributed by atoms with Crippen molar-refractivity contribution in [2.75, 3.05) is 5.43 Å². The van der Waals surface area contributed by atoms with Gasteiger partial charge in [-0.15, -0.1) is 0 Å². The molecule has 0 atom stereocenters. The number of fused-ring (bicyclic) bond motifs is 1. The van der Waals surface area contributed by atoms with Crippen LogP contribution in [0, 0.1) is 5.82 Å². The Hall–Kier alpha value is -2.18. The van der Waals surface area contributed by atoms with E-state index in [-0.39, 0.29) is 11.7 Å². The van der Waals surface area contributed by atoms with Crippen LogP contribution in [0.2, 0.25) is 5.02 Å². The van der Waals surface area contributed by atoms with E-state index in [1.165, 1.54) is 35.6 Å². The number of carbonyl (C=O) groups is 1. The van der Waals surface area contributed by atoms with Gasteiger partial charge in [0.2, 0.25) is 5.13 Å². The lowest BCUT2D eigenvalue weighted by Crippen LogP contribution is -2.29. The maximum atomic E-state index is 12.8. The number of thiazole rings is 1. The van der Waals surface area contributed by atoms with Crippen LogP contribution in [-0.4, -0.2) is 10.9 Å². The molecule has 4 nitrogen and oxygen atoms in total. The van der Waals surface area contributed by atoms with Crippen LogP contribution in [0.15, 0.2) is 42.5 Å². The summed E-state index contributed by atoms with van der Waals surface area (Å²) in [6.45, 7) is 0. The molecule has 3 rings (SSSR count). The molecule has 21 heavy (non-hydrogen) atoms. The third-order valence-electron chi connectivity index (χ3n) is 2.76. The topological polar surface area (TPSA) is 54.0 Å². The lowest BCUT2D eigenvalue weighted by molar-refractivity contribution is 0.0962. The number of para-hydroxylation sites is 1. The first-order chi connectivity index (χ1) is 10.1. The van der Waals surface area contributed by atoms with Crippen LogP contribution < -0.4 is 10.9 Å². The maximum absolute atomic E-state index is 12.8. The van der Waals surface area contributed by atoms with Crippen molar-refractivity contribution >= 4 is 44.2 Å². The largest absolute Gasteiger partial charge is 0.273 e. The van der Waals surface area contributed by atoms with E-state index in [0.29, 0.717) is 21.2 Å². The molecule has 1 aromatic heterocycles. The second-order valence-corrected chi connectivity index (χ2v) is 5.63. The second kappa shape index (κ2) is 5.67. The molecule has 0 aliphatic carbocycles. The highest BCUT2D eigenvalue weighted by Crippen LogP contribution is 2.30. The number of hydrogen-bond donors (Lipinski definition) is 2. The number of aromatic nitrogens is 1. The van der Waals surface area contributed by atoms with Gasteiger partial charge in [-0.05, 0) is 36.4 Å². The highest BCUT2D eigenvalue weighted by Gasteiger charge is 2.09. The third-order valence-corrected chi connectivity index (χ3v) is 4.00. The molecule has 0 saturated heterocycles. The second-order valence-electron chi connectivity index (χ2n) is 4.19. The molecule has 0 saturated carbocycles. The normalized spacial score (nSPS) is 10.6. The molecule has 2 N–H and O–H groups in total. The Kier molecular flexibility index (Phi) is 3.72. The first kappa shape index (κ1) is 13.8. The van der Waals surface area contributed by atoms with Crippen LogP contribution in [0.25, 0.3) is 10.2 Å². The smallest absolute Gasteiger partial charge is 0.269 e. The van der Waals surface area contributed by atoms with Gasteiger partial charge in [0.05, 0.1) is 9.72 Å². The van der Waals surface area contributed by atoms with Crippen molar-refractivity contribution in [1.82, 2.24) is 10.4 Å². The van der Waals surface area contributed by atoms with Gasteiger partial charge in [0.1, 0.15) is 11.3 Å². The van der Waals surface area contributed by atoms with Gasteiger partial charge in [0.15, 0.2) is 0 Å². The number of amides is 1. The standard InChI is InChI=1S/C14H9ClFN3OS/c15-10-2-1-3-11-12(10)17-14(21-11)19-18-13(20)8-4-6-9(16)7-5-8/h1-7H,(H,17,19)(H,18,20). The van der Waals surface area contributed by atoms with Gasteiger partial charge in [-0.25, -0.2) is 9.37 Å². The molecule has 3 aromatic rings.